The Morgan fingerprint density at radius 1 is 1.11 bits per heavy atom. The first-order chi connectivity index (χ1) is 13.1. The Hall–Kier alpha value is -2.84. The van der Waals surface area contributed by atoms with Gasteiger partial charge in [0.05, 0.1) is 17.6 Å². The zero-order valence-corrected chi connectivity index (χ0v) is 16.2. The maximum atomic E-state index is 12.8. The van der Waals surface area contributed by atoms with Crippen molar-refractivity contribution in [2.24, 2.45) is 0 Å². The molecule has 28 heavy (non-hydrogen) atoms. The molecule has 0 saturated carbocycles. The molecule has 2 heterocycles. The van der Waals surface area contributed by atoms with Crippen LogP contribution in [-0.2, 0) is 4.74 Å². The van der Waals surface area contributed by atoms with Crippen molar-refractivity contribution in [1.82, 2.24) is 14.7 Å². The standard InChI is InChI=1S/C19H25F2N5O2/c1-19(2,3)28-18(27)25-10-8-24(9-11-25)13-4-6-14(7-5-13)26-12-15(22)16(23-26)17(20)21/h4-7,12,17H,8-11,22H2,1-3H3. The van der Waals surface area contributed by atoms with Gasteiger partial charge in [0, 0.05) is 31.9 Å². The SMILES string of the molecule is CC(C)(C)OC(=O)N1CCN(c2ccc(-n3cc(N)c(C(F)F)n3)cc2)CC1. The van der Waals surface area contributed by atoms with Gasteiger partial charge in [-0.2, -0.15) is 5.10 Å². The second-order valence-electron chi connectivity index (χ2n) is 7.69. The summed E-state index contributed by atoms with van der Waals surface area (Å²) in [5.74, 6) is 0. The van der Waals surface area contributed by atoms with Crippen LogP contribution in [0.25, 0.3) is 5.69 Å². The van der Waals surface area contributed by atoms with Crippen LogP contribution in [0.3, 0.4) is 0 Å². The smallest absolute Gasteiger partial charge is 0.410 e. The minimum atomic E-state index is -2.71. The number of rotatable bonds is 3. The van der Waals surface area contributed by atoms with E-state index in [9.17, 15) is 13.6 Å². The van der Waals surface area contributed by atoms with E-state index in [2.05, 4.69) is 10.00 Å². The van der Waals surface area contributed by atoms with E-state index in [4.69, 9.17) is 10.5 Å². The number of amides is 1. The fraction of sp³-hybridized carbons (Fsp3) is 0.474. The number of ether oxygens (including phenoxy) is 1. The number of carbonyl (C=O) groups excluding carboxylic acids is 1. The van der Waals surface area contributed by atoms with Gasteiger partial charge >= 0.3 is 6.09 Å². The second-order valence-corrected chi connectivity index (χ2v) is 7.69. The Labute approximate surface area is 162 Å². The third kappa shape index (κ3) is 4.52. The summed E-state index contributed by atoms with van der Waals surface area (Å²) >= 11 is 0. The zero-order valence-electron chi connectivity index (χ0n) is 16.2. The molecule has 2 N–H and O–H groups in total. The number of anilines is 2. The molecule has 1 aliphatic rings. The highest BCUT2D eigenvalue weighted by molar-refractivity contribution is 5.68. The molecule has 0 atom stereocenters. The molecule has 7 nitrogen and oxygen atoms in total. The third-order valence-corrected chi connectivity index (χ3v) is 4.39. The summed E-state index contributed by atoms with van der Waals surface area (Å²) in [6.07, 6.45) is -1.62. The molecule has 0 spiro atoms. The Bertz CT molecular complexity index is 822. The predicted molar refractivity (Wildman–Crippen MR) is 103 cm³/mol. The van der Waals surface area contributed by atoms with Crippen molar-refractivity contribution in [1.29, 1.82) is 0 Å². The number of alkyl halides is 2. The number of nitrogens with two attached hydrogens (primary N) is 1. The van der Waals surface area contributed by atoms with E-state index in [-0.39, 0.29) is 11.8 Å². The van der Waals surface area contributed by atoms with Crippen LogP contribution in [0, 0.1) is 0 Å². The van der Waals surface area contributed by atoms with Crippen molar-refractivity contribution >= 4 is 17.5 Å². The Morgan fingerprint density at radius 2 is 1.68 bits per heavy atom. The molecular weight excluding hydrogens is 368 g/mol. The number of benzene rings is 1. The van der Waals surface area contributed by atoms with Crippen LogP contribution in [-0.4, -0.2) is 52.6 Å². The molecule has 1 saturated heterocycles. The van der Waals surface area contributed by atoms with E-state index in [0.29, 0.717) is 31.9 Å². The van der Waals surface area contributed by atoms with Crippen LogP contribution >= 0.6 is 0 Å². The number of nitrogen functional groups attached to an aromatic ring is 1. The maximum Gasteiger partial charge on any atom is 0.410 e. The van der Waals surface area contributed by atoms with Gasteiger partial charge in [-0.25, -0.2) is 18.3 Å². The van der Waals surface area contributed by atoms with Crippen LogP contribution in [0.15, 0.2) is 30.5 Å². The molecule has 0 aliphatic carbocycles. The van der Waals surface area contributed by atoms with Gasteiger partial charge < -0.3 is 20.3 Å². The lowest BCUT2D eigenvalue weighted by molar-refractivity contribution is 0.0240. The van der Waals surface area contributed by atoms with Crippen molar-refractivity contribution in [2.45, 2.75) is 32.8 Å². The molecule has 1 aliphatic heterocycles. The van der Waals surface area contributed by atoms with Crippen molar-refractivity contribution in [3.05, 3.63) is 36.2 Å². The Morgan fingerprint density at radius 3 is 2.18 bits per heavy atom. The fourth-order valence-electron chi connectivity index (χ4n) is 2.99. The van der Waals surface area contributed by atoms with Crippen LogP contribution < -0.4 is 10.6 Å². The topological polar surface area (TPSA) is 76.6 Å². The molecule has 0 radical (unpaired) electrons. The molecule has 3 rings (SSSR count). The summed E-state index contributed by atoms with van der Waals surface area (Å²) in [6.45, 7) is 8.06. The molecule has 1 aromatic heterocycles. The van der Waals surface area contributed by atoms with Crippen LogP contribution in [0.2, 0.25) is 0 Å². The lowest BCUT2D eigenvalue weighted by atomic mass is 10.2. The van der Waals surface area contributed by atoms with Gasteiger partial charge in [0.25, 0.3) is 6.43 Å². The lowest BCUT2D eigenvalue weighted by Crippen LogP contribution is -2.50. The molecule has 152 valence electrons. The first-order valence-electron chi connectivity index (χ1n) is 9.10. The van der Waals surface area contributed by atoms with Crippen LogP contribution in [0.1, 0.15) is 32.9 Å². The molecule has 9 heteroatoms. The number of nitrogens with zero attached hydrogens (tertiary/aromatic N) is 4. The van der Waals surface area contributed by atoms with Gasteiger partial charge in [0.15, 0.2) is 5.69 Å². The summed E-state index contributed by atoms with van der Waals surface area (Å²) in [7, 11) is 0. The first kappa shape index (κ1) is 19.9. The summed E-state index contributed by atoms with van der Waals surface area (Å²) < 4.78 is 32.4. The van der Waals surface area contributed by atoms with Crippen molar-refractivity contribution in [3.63, 3.8) is 0 Å². The molecule has 2 aromatic rings. The summed E-state index contributed by atoms with van der Waals surface area (Å²) in [5.41, 5.74) is 6.27. The average Bonchev–Trinajstić information content (AvgIpc) is 3.03. The molecule has 1 fully saturated rings. The Kier molecular flexibility index (Phi) is 5.44. The zero-order chi connectivity index (χ0) is 20.5. The second kappa shape index (κ2) is 7.65. The van der Waals surface area contributed by atoms with E-state index < -0.39 is 17.7 Å². The number of piperazine rings is 1. The monoisotopic (exact) mass is 393 g/mol. The van der Waals surface area contributed by atoms with E-state index in [1.165, 1.54) is 10.9 Å². The number of hydrogen-bond acceptors (Lipinski definition) is 5. The molecule has 0 unspecified atom stereocenters. The van der Waals surface area contributed by atoms with Gasteiger partial charge in [0.1, 0.15) is 5.60 Å². The van der Waals surface area contributed by atoms with Crippen LogP contribution in [0.5, 0.6) is 0 Å². The number of hydrogen-bond donors (Lipinski definition) is 1. The largest absolute Gasteiger partial charge is 0.444 e. The fourth-order valence-corrected chi connectivity index (χ4v) is 2.99. The minimum absolute atomic E-state index is 0.0302. The van der Waals surface area contributed by atoms with E-state index in [1.807, 2.05) is 32.9 Å². The maximum absolute atomic E-state index is 12.8. The van der Waals surface area contributed by atoms with Gasteiger partial charge in [-0.3, -0.25) is 0 Å². The summed E-state index contributed by atoms with van der Waals surface area (Å²) in [4.78, 5) is 16.0. The van der Waals surface area contributed by atoms with Gasteiger partial charge in [0.2, 0.25) is 0 Å². The first-order valence-corrected chi connectivity index (χ1v) is 9.10. The van der Waals surface area contributed by atoms with Crippen molar-refractivity contribution in [2.75, 3.05) is 36.8 Å². The summed E-state index contributed by atoms with van der Waals surface area (Å²) in [6, 6.07) is 7.41. The van der Waals surface area contributed by atoms with Gasteiger partial charge in [-0.15, -0.1) is 0 Å². The van der Waals surface area contributed by atoms with E-state index in [1.54, 1.807) is 17.0 Å². The summed E-state index contributed by atoms with van der Waals surface area (Å²) in [5, 5.41) is 3.85. The highest BCUT2D eigenvalue weighted by Gasteiger charge is 2.26. The average molecular weight is 393 g/mol. The van der Waals surface area contributed by atoms with E-state index in [0.717, 1.165) is 5.69 Å². The van der Waals surface area contributed by atoms with Crippen LogP contribution in [0.4, 0.5) is 25.0 Å². The third-order valence-electron chi connectivity index (χ3n) is 4.39. The van der Waals surface area contributed by atoms with Crippen molar-refractivity contribution in [3.8, 4) is 5.69 Å². The van der Waals surface area contributed by atoms with Crippen molar-refractivity contribution < 1.29 is 18.3 Å². The molecular formula is C19H25F2N5O2. The number of aromatic nitrogens is 2. The molecule has 1 amide bonds. The molecule has 1 aromatic carbocycles. The Balaban J connectivity index is 1.62. The predicted octanol–water partition coefficient (Wildman–Crippen LogP) is 3.45. The molecule has 0 bridgehead atoms. The van der Waals surface area contributed by atoms with Gasteiger partial charge in [-0.05, 0) is 45.0 Å². The highest BCUT2D eigenvalue weighted by Crippen LogP contribution is 2.25. The number of halogens is 2. The van der Waals surface area contributed by atoms with Gasteiger partial charge in [-0.1, -0.05) is 0 Å². The van der Waals surface area contributed by atoms with E-state index >= 15 is 0 Å². The minimum Gasteiger partial charge on any atom is -0.444 e. The number of carbonyl (C=O) groups is 1. The normalized spacial score (nSPS) is 15.2. The highest BCUT2D eigenvalue weighted by atomic mass is 19.3. The lowest BCUT2D eigenvalue weighted by Gasteiger charge is -2.36. The quantitative estimate of drug-likeness (QED) is 0.864.